The molecule has 0 aliphatic heterocycles. The second-order valence-electron chi connectivity index (χ2n) is 7.45. The molecule has 0 unspecified atom stereocenters. The van der Waals surface area contributed by atoms with E-state index in [-0.39, 0.29) is 5.91 Å². The van der Waals surface area contributed by atoms with Crippen LogP contribution in [0.1, 0.15) is 42.5 Å². The first-order valence-electron chi connectivity index (χ1n) is 9.35. The van der Waals surface area contributed by atoms with E-state index in [4.69, 9.17) is 4.98 Å². The van der Waals surface area contributed by atoms with Crippen LogP contribution in [0.15, 0.2) is 36.7 Å². The topological polar surface area (TPSA) is 59.0 Å². The molecule has 5 nitrogen and oxygen atoms in total. The molecule has 3 rings (SSSR count). The van der Waals surface area contributed by atoms with Crippen molar-refractivity contribution in [2.45, 2.75) is 33.6 Å². The van der Waals surface area contributed by atoms with Crippen molar-refractivity contribution in [3.63, 3.8) is 0 Å². The van der Waals surface area contributed by atoms with Gasteiger partial charge in [0, 0.05) is 43.9 Å². The number of carbonyl (C=O) groups excluding carboxylic acids is 1. The van der Waals surface area contributed by atoms with Crippen molar-refractivity contribution < 1.29 is 4.79 Å². The third-order valence-corrected chi connectivity index (χ3v) is 4.51. The molecule has 0 saturated heterocycles. The standard InChI is InChI=1S/C22H26N4O/c1-6-15-7-8-19-17(10-15)18(22(27)26(4)5)11-20(25-19)16-12-23-21(24-13-16)9-14(2)3/h7-8,10-14H,6,9H2,1-5H3. The van der Waals surface area contributed by atoms with E-state index < -0.39 is 0 Å². The smallest absolute Gasteiger partial charge is 0.254 e. The molecule has 140 valence electrons. The van der Waals surface area contributed by atoms with Crippen molar-refractivity contribution in [1.82, 2.24) is 19.9 Å². The van der Waals surface area contributed by atoms with Gasteiger partial charge in [-0.05, 0) is 36.1 Å². The van der Waals surface area contributed by atoms with Crippen LogP contribution in [0.2, 0.25) is 0 Å². The SMILES string of the molecule is CCc1ccc2nc(-c3cnc(CC(C)C)nc3)cc(C(=O)N(C)C)c2c1. The Kier molecular flexibility index (Phi) is 5.49. The lowest BCUT2D eigenvalue weighted by Gasteiger charge is -2.14. The first-order valence-corrected chi connectivity index (χ1v) is 9.35. The van der Waals surface area contributed by atoms with Gasteiger partial charge in [-0.25, -0.2) is 15.0 Å². The van der Waals surface area contributed by atoms with Gasteiger partial charge in [0.15, 0.2) is 0 Å². The second-order valence-corrected chi connectivity index (χ2v) is 7.45. The predicted molar refractivity (Wildman–Crippen MR) is 109 cm³/mol. The van der Waals surface area contributed by atoms with E-state index in [0.717, 1.165) is 35.1 Å². The van der Waals surface area contributed by atoms with Crippen molar-refractivity contribution in [3.8, 4) is 11.3 Å². The van der Waals surface area contributed by atoms with E-state index >= 15 is 0 Å². The van der Waals surface area contributed by atoms with E-state index in [1.807, 2.05) is 12.1 Å². The Morgan fingerprint density at radius 1 is 1.11 bits per heavy atom. The Morgan fingerprint density at radius 3 is 2.41 bits per heavy atom. The van der Waals surface area contributed by atoms with Crippen LogP contribution in [-0.2, 0) is 12.8 Å². The molecule has 0 bridgehead atoms. The van der Waals surface area contributed by atoms with E-state index in [9.17, 15) is 4.79 Å². The molecule has 0 fully saturated rings. The summed E-state index contributed by atoms with van der Waals surface area (Å²) in [7, 11) is 3.53. The summed E-state index contributed by atoms with van der Waals surface area (Å²) in [5.74, 6) is 1.30. The summed E-state index contributed by atoms with van der Waals surface area (Å²) in [5.41, 5.74) is 4.18. The van der Waals surface area contributed by atoms with Crippen LogP contribution in [0.4, 0.5) is 0 Å². The largest absolute Gasteiger partial charge is 0.345 e. The van der Waals surface area contributed by atoms with Crippen LogP contribution < -0.4 is 0 Å². The highest BCUT2D eigenvalue weighted by Gasteiger charge is 2.16. The lowest BCUT2D eigenvalue weighted by Crippen LogP contribution is -2.22. The number of benzene rings is 1. The lowest BCUT2D eigenvalue weighted by atomic mass is 10.0. The quantitative estimate of drug-likeness (QED) is 0.684. The van der Waals surface area contributed by atoms with Crippen LogP contribution in [0.5, 0.6) is 0 Å². The fraction of sp³-hybridized carbons (Fsp3) is 0.364. The molecule has 5 heteroatoms. The Bertz CT molecular complexity index is 962. The molecule has 0 saturated carbocycles. The second kappa shape index (κ2) is 7.82. The highest BCUT2D eigenvalue weighted by molar-refractivity contribution is 6.07. The van der Waals surface area contributed by atoms with E-state index in [1.165, 1.54) is 5.56 Å². The molecule has 27 heavy (non-hydrogen) atoms. The van der Waals surface area contributed by atoms with Gasteiger partial charge in [0.05, 0.1) is 16.8 Å². The number of carbonyl (C=O) groups is 1. The number of pyridine rings is 1. The first-order chi connectivity index (χ1) is 12.9. The van der Waals surface area contributed by atoms with Gasteiger partial charge in [0.25, 0.3) is 5.91 Å². The average Bonchev–Trinajstić information content (AvgIpc) is 2.66. The van der Waals surface area contributed by atoms with E-state index in [1.54, 1.807) is 31.4 Å². The molecule has 0 aliphatic carbocycles. The van der Waals surface area contributed by atoms with Gasteiger partial charge in [-0.3, -0.25) is 4.79 Å². The summed E-state index contributed by atoms with van der Waals surface area (Å²) >= 11 is 0. The Morgan fingerprint density at radius 2 is 1.81 bits per heavy atom. The maximum absolute atomic E-state index is 12.8. The summed E-state index contributed by atoms with van der Waals surface area (Å²) in [4.78, 5) is 28.1. The minimum atomic E-state index is -0.0331. The third-order valence-electron chi connectivity index (χ3n) is 4.51. The maximum atomic E-state index is 12.8. The number of nitrogens with zero attached hydrogens (tertiary/aromatic N) is 4. The van der Waals surface area contributed by atoms with Gasteiger partial charge in [-0.15, -0.1) is 0 Å². The van der Waals surface area contributed by atoms with Gasteiger partial charge in [0.1, 0.15) is 5.82 Å². The summed E-state index contributed by atoms with van der Waals surface area (Å²) < 4.78 is 0. The molecule has 0 radical (unpaired) electrons. The van der Waals surface area contributed by atoms with Gasteiger partial charge >= 0.3 is 0 Å². The summed E-state index contributed by atoms with van der Waals surface area (Å²) in [6.45, 7) is 6.39. The molecule has 0 N–H and O–H groups in total. The highest BCUT2D eigenvalue weighted by atomic mass is 16.2. The number of hydrogen-bond acceptors (Lipinski definition) is 4. The molecule has 0 atom stereocenters. The van der Waals surface area contributed by atoms with Crippen molar-refractivity contribution in [3.05, 3.63) is 53.6 Å². The molecular weight excluding hydrogens is 336 g/mol. The number of amides is 1. The fourth-order valence-electron chi connectivity index (χ4n) is 3.02. The van der Waals surface area contributed by atoms with Crippen LogP contribution in [0, 0.1) is 5.92 Å². The van der Waals surface area contributed by atoms with Gasteiger partial charge in [0.2, 0.25) is 0 Å². The molecule has 2 heterocycles. The highest BCUT2D eigenvalue weighted by Crippen LogP contribution is 2.26. The monoisotopic (exact) mass is 362 g/mol. The number of aryl methyl sites for hydroxylation is 1. The number of fused-ring (bicyclic) bond motifs is 1. The Balaban J connectivity index is 2.12. The number of hydrogen-bond donors (Lipinski definition) is 0. The summed E-state index contributed by atoms with van der Waals surface area (Å²) in [6, 6.07) is 7.96. The van der Waals surface area contributed by atoms with Crippen molar-refractivity contribution in [2.75, 3.05) is 14.1 Å². The molecule has 1 amide bonds. The maximum Gasteiger partial charge on any atom is 0.254 e. The molecular formula is C22H26N4O. The first kappa shape index (κ1) is 19.0. The normalized spacial score (nSPS) is 11.2. The summed E-state index contributed by atoms with van der Waals surface area (Å²) in [5, 5.41) is 0.883. The van der Waals surface area contributed by atoms with Gasteiger partial charge < -0.3 is 4.90 Å². The molecule has 1 aromatic carbocycles. The average molecular weight is 362 g/mol. The van der Waals surface area contributed by atoms with Crippen molar-refractivity contribution in [1.29, 1.82) is 0 Å². The van der Waals surface area contributed by atoms with Crippen LogP contribution in [-0.4, -0.2) is 39.9 Å². The fourth-order valence-corrected chi connectivity index (χ4v) is 3.02. The van der Waals surface area contributed by atoms with Crippen LogP contribution in [0.3, 0.4) is 0 Å². The molecule has 3 aromatic rings. The third kappa shape index (κ3) is 4.13. The Hall–Kier alpha value is -2.82. The van der Waals surface area contributed by atoms with Crippen LogP contribution in [0.25, 0.3) is 22.2 Å². The molecule has 0 aliphatic rings. The summed E-state index contributed by atoms with van der Waals surface area (Å²) in [6.07, 6.45) is 5.35. The van der Waals surface area contributed by atoms with E-state index in [2.05, 4.69) is 42.9 Å². The zero-order chi connectivity index (χ0) is 19.6. The molecule has 2 aromatic heterocycles. The lowest BCUT2D eigenvalue weighted by molar-refractivity contribution is 0.0829. The Labute approximate surface area is 160 Å². The zero-order valence-corrected chi connectivity index (χ0v) is 16.7. The number of rotatable bonds is 5. The van der Waals surface area contributed by atoms with Gasteiger partial charge in [-0.2, -0.15) is 0 Å². The van der Waals surface area contributed by atoms with Crippen LogP contribution >= 0.6 is 0 Å². The zero-order valence-electron chi connectivity index (χ0n) is 16.7. The predicted octanol–water partition coefficient (Wildman–Crippen LogP) is 4.15. The van der Waals surface area contributed by atoms with Crippen molar-refractivity contribution in [2.24, 2.45) is 5.92 Å². The number of aromatic nitrogens is 3. The van der Waals surface area contributed by atoms with E-state index in [0.29, 0.717) is 17.2 Å². The van der Waals surface area contributed by atoms with Crippen molar-refractivity contribution >= 4 is 16.8 Å². The van der Waals surface area contributed by atoms with Gasteiger partial charge in [-0.1, -0.05) is 26.8 Å². The minimum absolute atomic E-state index is 0.0331. The molecule has 0 spiro atoms. The minimum Gasteiger partial charge on any atom is -0.345 e.